The predicted octanol–water partition coefficient (Wildman–Crippen LogP) is 3.08. The van der Waals surface area contributed by atoms with Crippen molar-refractivity contribution in [2.45, 2.75) is 31.2 Å². The van der Waals surface area contributed by atoms with Crippen LogP contribution in [0.1, 0.15) is 31.2 Å². The van der Waals surface area contributed by atoms with E-state index in [-0.39, 0.29) is 5.54 Å². The first-order valence-corrected chi connectivity index (χ1v) is 5.66. The van der Waals surface area contributed by atoms with E-state index in [0.717, 1.165) is 24.2 Å². The Balaban J connectivity index is 2.42. The third-order valence-corrected chi connectivity index (χ3v) is 3.43. The molecule has 3 heteroatoms. The van der Waals surface area contributed by atoms with Crippen molar-refractivity contribution in [3.05, 3.63) is 28.8 Å². The molecule has 0 saturated heterocycles. The van der Waals surface area contributed by atoms with E-state index >= 15 is 0 Å². The number of hydrogen-bond acceptors (Lipinski definition) is 2. The minimum Gasteiger partial charge on any atom is -0.496 e. The van der Waals surface area contributed by atoms with Crippen LogP contribution in [0.2, 0.25) is 5.02 Å². The average Bonchev–Trinajstić information content (AvgIpc) is 2.66. The summed E-state index contributed by atoms with van der Waals surface area (Å²) in [6, 6.07) is 5.71. The van der Waals surface area contributed by atoms with Crippen LogP contribution >= 0.6 is 11.6 Å². The molecule has 1 fully saturated rings. The van der Waals surface area contributed by atoms with E-state index in [9.17, 15) is 0 Å². The van der Waals surface area contributed by atoms with Crippen molar-refractivity contribution in [2.75, 3.05) is 7.11 Å². The normalized spacial score (nSPS) is 19.1. The van der Waals surface area contributed by atoms with Crippen LogP contribution in [0, 0.1) is 0 Å². The van der Waals surface area contributed by atoms with Gasteiger partial charge < -0.3 is 10.5 Å². The van der Waals surface area contributed by atoms with Crippen LogP contribution in [0.4, 0.5) is 0 Å². The van der Waals surface area contributed by atoms with Crippen LogP contribution in [0.25, 0.3) is 0 Å². The minimum atomic E-state index is -0.212. The van der Waals surface area contributed by atoms with Crippen molar-refractivity contribution in [2.24, 2.45) is 5.73 Å². The topological polar surface area (TPSA) is 35.2 Å². The standard InChI is InChI=1S/C12H16ClNO/c1-15-11-8-9(13)4-5-10(11)12(14)6-2-3-7-12/h4-5,8H,2-3,6-7,14H2,1H3. The molecule has 1 aliphatic carbocycles. The van der Waals surface area contributed by atoms with Gasteiger partial charge in [-0.1, -0.05) is 30.5 Å². The second-order valence-corrected chi connectivity index (χ2v) is 4.64. The third kappa shape index (κ3) is 1.97. The Kier molecular flexibility index (Phi) is 2.89. The Labute approximate surface area is 95.4 Å². The molecule has 0 radical (unpaired) electrons. The van der Waals surface area contributed by atoms with Crippen LogP contribution in [0.5, 0.6) is 5.75 Å². The zero-order chi connectivity index (χ0) is 10.9. The van der Waals surface area contributed by atoms with Gasteiger partial charge in [-0.25, -0.2) is 0 Å². The highest BCUT2D eigenvalue weighted by Crippen LogP contribution is 2.41. The van der Waals surface area contributed by atoms with Crippen molar-refractivity contribution in [1.82, 2.24) is 0 Å². The smallest absolute Gasteiger partial charge is 0.125 e. The Hall–Kier alpha value is -0.730. The lowest BCUT2D eigenvalue weighted by Gasteiger charge is -2.26. The molecule has 1 saturated carbocycles. The molecule has 1 aliphatic rings. The molecule has 0 aliphatic heterocycles. The van der Waals surface area contributed by atoms with Gasteiger partial charge in [-0.3, -0.25) is 0 Å². The zero-order valence-corrected chi connectivity index (χ0v) is 9.68. The minimum absolute atomic E-state index is 0.212. The second-order valence-electron chi connectivity index (χ2n) is 4.21. The van der Waals surface area contributed by atoms with E-state index in [1.54, 1.807) is 7.11 Å². The molecule has 0 aromatic heterocycles. The Morgan fingerprint density at radius 3 is 2.60 bits per heavy atom. The molecular formula is C12H16ClNO. The van der Waals surface area contributed by atoms with E-state index < -0.39 is 0 Å². The van der Waals surface area contributed by atoms with Crippen molar-refractivity contribution in [3.8, 4) is 5.75 Å². The van der Waals surface area contributed by atoms with Crippen molar-refractivity contribution < 1.29 is 4.74 Å². The van der Waals surface area contributed by atoms with Gasteiger partial charge in [0.15, 0.2) is 0 Å². The first-order valence-electron chi connectivity index (χ1n) is 5.29. The average molecular weight is 226 g/mol. The number of halogens is 1. The quantitative estimate of drug-likeness (QED) is 0.840. The summed E-state index contributed by atoms with van der Waals surface area (Å²) < 4.78 is 5.34. The predicted molar refractivity (Wildman–Crippen MR) is 62.3 cm³/mol. The first-order chi connectivity index (χ1) is 7.15. The number of rotatable bonds is 2. The largest absolute Gasteiger partial charge is 0.496 e. The Morgan fingerprint density at radius 2 is 2.00 bits per heavy atom. The zero-order valence-electron chi connectivity index (χ0n) is 8.92. The highest BCUT2D eigenvalue weighted by molar-refractivity contribution is 6.30. The molecule has 82 valence electrons. The van der Waals surface area contributed by atoms with Crippen LogP contribution in [0.3, 0.4) is 0 Å². The lowest BCUT2D eigenvalue weighted by molar-refractivity contribution is 0.379. The van der Waals surface area contributed by atoms with Crippen molar-refractivity contribution in [3.63, 3.8) is 0 Å². The van der Waals surface area contributed by atoms with E-state index in [4.69, 9.17) is 22.1 Å². The Morgan fingerprint density at radius 1 is 1.33 bits per heavy atom. The molecular weight excluding hydrogens is 210 g/mol. The number of nitrogens with two attached hydrogens (primary N) is 1. The lowest BCUT2D eigenvalue weighted by Crippen LogP contribution is -2.33. The summed E-state index contributed by atoms with van der Waals surface area (Å²) in [4.78, 5) is 0. The molecule has 2 rings (SSSR count). The maximum Gasteiger partial charge on any atom is 0.125 e. The van der Waals surface area contributed by atoms with Gasteiger partial charge in [0, 0.05) is 16.1 Å². The SMILES string of the molecule is COc1cc(Cl)ccc1C1(N)CCCC1. The summed E-state index contributed by atoms with van der Waals surface area (Å²) in [5, 5.41) is 0.692. The summed E-state index contributed by atoms with van der Waals surface area (Å²) >= 11 is 5.93. The molecule has 1 aromatic carbocycles. The maximum atomic E-state index is 6.38. The fraction of sp³-hybridized carbons (Fsp3) is 0.500. The van der Waals surface area contributed by atoms with Gasteiger partial charge in [0.2, 0.25) is 0 Å². The number of hydrogen-bond donors (Lipinski definition) is 1. The fourth-order valence-corrected chi connectivity index (χ4v) is 2.51. The maximum absolute atomic E-state index is 6.38. The summed E-state index contributed by atoms with van der Waals surface area (Å²) in [7, 11) is 1.66. The van der Waals surface area contributed by atoms with Crippen LogP contribution in [-0.2, 0) is 5.54 Å². The van der Waals surface area contributed by atoms with E-state index in [2.05, 4.69) is 0 Å². The van der Waals surface area contributed by atoms with Crippen molar-refractivity contribution >= 4 is 11.6 Å². The highest BCUT2D eigenvalue weighted by atomic mass is 35.5. The lowest BCUT2D eigenvalue weighted by atomic mass is 9.89. The van der Waals surface area contributed by atoms with E-state index in [1.165, 1.54) is 12.8 Å². The fourth-order valence-electron chi connectivity index (χ4n) is 2.35. The van der Waals surface area contributed by atoms with Gasteiger partial charge in [0.05, 0.1) is 7.11 Å². The summed E-state index contributed by atoms with van der Waals surface area (Å²) in [5.74, 6) is 0.812. The second kappa shape index (κ2) is 4.03. The molecule has 0 amide bonds. The number of methoxy groups -OCH3 is 1. The number of benzene rings is 1. The summed E-state index contributed by atoms with van der Waals surface area (Å²) in [6.45, 7) is 0. The van der Waals surface area contributed by atoms with Crippen LogP contribution < -0.4 is 10.5 Å². The first kappa shape index (κ1) is 10.8. The monoisotopic (exact) mass is 225 g/mol. The molecule has 1 aromatic rings. The number of ether oxygens (including phenoxy) is 1. The van der Waals surface area contributed by atoms with Gasteiger partial charge >= 0.3 is 0 Å². The highest BCUT2D eigenvalue weighted by Gasteiger charge is 2.33. The van der Waals surface area contributed by atoms with Crippen LogP contribution in [-0.4, -0.2) is 7.11 Å². The van der Waals surface area contributed by atoms with Gasteiger partial charge in [-0.15, -0.1) is 0 Å². The van der Waals surface area contributed by atoms with Crippen LogP contribution in [0.15, 0.2) is 18.2 Å². The van der Waals surface area contributed by atoms with E-state index in [1.807, 2.05) is 18.2 Å². The third-order valence-electron chi connectivity index (χ3n) is 3.20. The summed E-state index contributed by atoms with van der Waals surface area (Å²) in [5.41, 5.74) is 7.26. The molecule has 0 spiro atoms. The molecule has 2 nitrogen and oxygen atoms in total. The van der Waals surface area contributed by atoms with Crippen molar-refractivity contribution in [1.29, 1.82) is 0 Å². The van der Waals surface area contributed by atoms with Gasteiger partial charge in [-0.05, 0) is 25.0 Å². The molecule has 15 heavy (non-hydrogen) atoms. The molecule has 0 atom stereocenters. The molecule has 0 unspecified atom stereocenters. The summed E-state index contributed by atoms with van der Waals surface area (Å²) in [6.07, 6.45) is 4.46. The molecule has 2 N–H and O–H groups in total. The molecule has 0 bridgehead atoms. The Bertz CT molecular complexity index is 359. The van der Waals surface area contributed by atoms with Gasteiger partial charge in [0.1, 0.15) is 5.75 Å². The van der Waals surface area contributed by atoms with E-state index in [0.29, 0.717) is 5.02 Å². The molecule has 0 heterocycles. The van der Waals surface area contributed by atoms with Gasteiger partial charge in [-0.2, -0.15) is 0 Å². The van der Waals surface area contributed by atoms with Gasteiger partial charge in [0.25, 0.3) is 0 Å².